The highest BCUT2D eigenvalue weighted by atomic mass is 32.3. The predicted octanol–water partition coefficient (Wildman–Crippen LogP) is 0.679. The van der Waals surface area contributed by atoms with Gasteiger partial charge in [0.1, 0.15) is 0 Å². The lowest BCUT2D eigenvalue weighted by Gasteiger charge is -2.03. The fourth-order valence-corrected chi connectivity index (χ4v) is 6.62. The van der Waals surface area contributed by atoms with Gasteiger partial charge in [0.2, 0.25) is 0 Å². The number of hydrogen-bond acceptors (Lipinski definition) is 4. The largest absolute Gasteiger partial charge is 0.307 e. The van der Waals surface area contributed by atoms with Crippen LogP contribution in [0.15, 0.2) is 15.0 Å². The van der Waals surface area contributed by atoms with Gasteiger partial charge in [-0.1, -0.05) is 0 Å². The number of aryl methyl sites for hydroxylation is 2. The molecular formula is C9H15N3O3S2. The maximum atomic E-state index is 12.1. The molecule has 1 fully saturated rings. The molecule has 0 saturated carbocycles. The van der Waals surface area contributed by atoms with Crippen LogP contribution in [-0.2, 0) is 26.8 Å². The van der Waals surface area contributed by atoms with Crippen LogP contribution in [0.2, 0.25) is 0 Å². The van der Waals surface area contributed by atoms with Crippen LogP contribution in [0.1, 0.15) is 18.4 Å². The quantitative estimate of drug-likeness (QED) is 0.796. The van der Waals surface area contributed by atoms with Gasteiger partial charge in [-0.25, -0.2) is 4.21 Å². The molecule has 96 valence electrons. The van der Waals surface area contributed by atoms with Crippen molar-refractivity contribution in [1.82, 2.24) is 9.78 Å². The first-order chi connectivity index (χ1) is 7.84. The summed E-state index contributed by atoms with van der Waals surface area (Å²) in [5, 5.41) is 3.90. The van der Waals surface area contributed by atoms with E-state index in [0.717, 1.165) is 12.8 Å². The summed E-state index contributed by atoms with van der Waals surface area (Å²) in [4.78, 5) is 0. The first kappa shape index (κ1) is 12.6. The molecule has 0 N–H and O–H groups in total. The van der Waals surface area contributed by atoms with Crippen molar-refractivity contribution in [3.8, 4) is 0 Å². The van der Waals surface area contributed by atoms with E-state index >= 15 is 0 Å². The molecule has 0 unspecified atom stereocenters. The van der Waals surface area contributed by atoms with E-state index in [1.165, 1.54) is 17.9 Å². The molecule has 0 amide bonds. The summed E-state index contributed by atoms with van der Waals surface area (Å²) >= 11 is 0. The first-order valence-electron chi connectivity index (χ1n) is 5.31. The molecule has 0 atom stereocenters. The third-order valence-corrected chi connectivity index (χ3v) is 7.51. The van der Waals surface area contributed by atoms with Crippen molar-refractivity contribution >= 4 is 19.8 Å². The van der Waals surface area contributed by atoms with Gasteiger partial charge in [-0.3, -0.25) is 4.68 Å². The SMILES string of the molecule is Cc1cnn(C)c1S(=O)(=O)N=S1(=O)CCCC1. The van der Waals surface area contributed by atoms with Crippen LogP contribution >= 0.6 is 0 Å². The molecular weight excluding hydrogens is 262 g/mol. The number of nitrogens with zero attached hydrogens (tertiary/aromatic N) is 3. The summed E-state index contributed by atoms with van der Waals surface area (Å²) in [5.41, 5.74) is 0.525. The Morgan fingerprint density at radius 1 is 1.41 bits per heavy atom. The number of sulfonamides is 1. The molecule has 8 heteroatoms. The van der Waals surface area contributed by atoms with Crippen molar-refractivity contribution in [3.63, 3.8) is 0 Å². The van der Waals surface area contributed by atoms with Gasteiger partial charge in [-0.05, 0) is 19.8 Å². The van der Waals surface area contributed by atoms with Crippen molar-refractivity contribution in [1.29, 1.82) is 0 Å². The lowest BCUT2D eigenvalue weighted by molar-refractivity contribution is 0.577. The molecule has 2 rings (SSSR count). The molecule has 1 aromatic heterocycles. The zero-order valence-electron chi connectivity index (χ0n) is 9.79. The van der Waals surface area contributed by atoms with E-state index in [-0.39, 0.29) is 5.03 Å². The van der Waals surface area contributed by atoms with Gasteiger partial charge in [0.05, 0.1) is 15.9 Å². The highest BCUT2D eigenvalue weighted by Gasteiger charge is 2.26. The molecule has 0 aliphatic carbocycles. The van der Waals surface area contributed by atoms with Crippen molar-refractivity contribution in [2.24, 2.45) is 10.8 Å². The zero-order valence-corrected chi connectivity index (χ0v) is 11.4. The van der Waals surface area contributed by atoms with Gasteiger partial charge < -0.3 is 0 Å². The molecule has 0 radical (unpaired) electrons. The standard InChI is InChI=1S/C9H15N3O3S2/c1-8-7-10-12(2)9(8)17(14,15)11-16(13)5-3-4-6-16/h7H,3-6H2,1-2H3. The summed E-state index contributed by atoms with van der Waals surface area (Å²) in [6, 6.07) is 0. The first-order valence-corrected chi connectivity index (χ1v) is 8.61. The molecule has 1 aliphatic heterocycles. The summed E-state index contributed by atoms with van der Waals surface area (Å²) in [6.45, 7) is 1.65. The average molecular weight is 277 g/mol. The minimum atomic E-state index is -3.87. The molecule has 1 aromatic rings. The summed E-state index contributed by atoms with van der Waals surface area (Å²) < 4.78 is 41.2. The van der Waals surface area contributed by atoms with E-state index in [0.29, 0.717) is 17.1 Å². The highest BCUT2D eigenvalue weighted by molar-refractivity contribution is 8.03. The van der Waals surface area contributed by atoms with E-state index in [2.05, 4.69) is 8.87 Å². The topological polar surface area (TPSA) is 81.4 Å². The Balaban J connectivity index is 2.56. The maximum Gasteiger partial charge on any atom is 0.307 e. The van der Waals surface area contributed by atoms with Crippen LogP contribution < -0.4 is 0 Å². The summed E-state index contributed by atoms with van der Waals surface area (Å²) in [7, 11) is -4.91. The normalized spacial score (nSPS) is 19.4. The number of hydrogen-bond donors (Lipinski definition) is 0. The van der Waals surface area contributed by atoms with Crippen molar-refractivity contribution in [3.05, 3.63) is 11.8 Å². The van der Waals surface area contributed by atoms with Crippen LogP contribution in [-0.4, -0.2) is 33.9 Å². The van der Waals surface area contributed by atoms with E-state index in [4.69, 9.17) is 0 Å². The van der Waals surface area contributed by atoms with Crippen LogP contribution in [0.5, 0.6) is 0 Å². The minimum Gasteiger partial charge on any atom is -0.255 e. The van der Waals surface area contributed by atoms with Crippen LogP contribution in [0, 0.1) is 6.92 Å². The molecule has 0 bridgehead atoms. The Kier molecular flexibility index (Phi) is 3.03. The number of aromatic nitrogens is 2. The van der Waals surface area contributed by atoms with Gasteiger partial charge in [0.15, 0.2) is 5.03 Å². The predicted molar refractivity (Wildman–Crippen MR) is 64.7 cm³/mol. The molecule has 1 saturated heterocycles. The third kappa shape index (κ3) is 2.37. The zero-order chi connectivity index (χ0) is 12.7. The Labute approximate surface area is 101 Å². The third-order valence-electron chi connectivity index (χ3n) is 2.71. The molecule has 0 aromatic carbocycles. The lowest BCUT2D eigenvalue weighted by atomic mass is 10.4. The fraction of sp³-hybridized carbons (Fsp3) is 0.667. The van der Waals surface area contributed by atoms with E-state index in [1.807, 2.05) is 0 Å². The summed E-state index contributed by atoms with van der Waals surface area (Å²) in [5.74, 6) is 0.756. The smallest absolute Gasteiger partial charge is 0.255 e. The highest BCUT2D eigenvalue weighted by Crippen LogP contribution is 2.21. The van der Waals surface area contributed by atoms with E-state index in [9.17, 15) is 12.6 Å². The molecule has 2 heterocycles. The maximum absolute atomic E-state index is 12.1. The Morgan fingerprint density at radius 3 is 2.47 bits per heavy atom. The van der Waals surface area contributed by atoms with Crippen molar-refractivity contribution in [2.45, 2.75) is 24.8 Å². The Morgan fingerprint density at radius 2 is 2.00 bits per heavy atom. The number of rotatable bonds is 2. The minimum absolute atomic E-state index is 0.0344. The Bertz CT molecular complexity index is 620. The van der Waals surface area contributed by atoms with Gasteiger partial charge in [-0.2, -0.15) is 13.5 Å². The Hall–Kier alpha value is -0.890. The van der Waals surface area contributed by atoms with Crippen LogP contribution in [0.25, 0.3) is 0 Å². The van der Waals surface area contributed by atoms with E-state index < -0.39 is 19.8 Å². The van der Waals surface area contributed by atoms with Gasteiger partial charge in [0, 0.05) is 24.1 Å². The van der Waals surface area contributed by atoms with Gasteiger partial charge in [0.25, 0.3) is 0 Å². The fourth-order valence-electron chi connectivity index (χ4n) is 1.95. The second kappa shape index (κ2) is 4.09. The van der Waals surface area contributed by atoms with Gasteiger partial charge >= 0.3 is 10.0 Å². The van der Waals surface area contributed by atoms with Crippen LogP contribution in [0.4, 0.5) is 0 Å². The van der Waals surface area contributed by atoms with Gasteiger partial charge in [-0.15, -0.1) is 3.77 Å². The van der Waals surface area contributed by atoms with E-state index in [1.54, 1.807) is 6.92 Å². The second-order valence-electron chi connectivity index (χ2n) is 4.19. The summed E-state index contributed by atoms with van der Waals surface area (Å²) in [6.07, 6.45) is 3.02. The molecule has 17 heavy (non-hydrogen) atoms. The average Bonchev–Trinajstić information content (AvgIpc) is 2.73. The monoisotopic (exact) mass is 277 g/mol. The molecule has 0 spiro atoms. The molecule has 1 aliphatic rings. The van der Waals surface area contributed by atoms with Crippen molar-refractivity contribution < 1.29 is 12.6 Å². The van der Waals surface area contributed by atoms with Crippen molar-refractivity contribution in [2.75, 3.05) is 11.5 Å². The lowest BCUT2D eigenvalue weighted by Crippen LogP contribution is -2.11. The molecule has 6 nitrogen and oxygen atoms in total. The van der Waals surface area contributed by atoms with Crippen LogP contribution in [0.3, 0.4) is 0 Å². The second-order valence-corrected chi connectivity index (χ2v) is 8.49.